The topological polar surface area (TPSA) is 116 Å². The van der Waals surface area contributed by atoms with Crippen molar-refractivity contribution in [2.75, 3.05) is 17.2 Å². The van der Waals surface area contributed by atoms with Gasteiger partial charge in [-0.1, -0.05) is 45.0 Å². The van der Waals surface area contributed by atoms with Crippen LogP contribution in [0.25, 0.3) is 0 Å². The molecule has 0 heterocycles. The molecular weight excluding hydrogens is 456 g/mol. The van der Waals surface area contributed by atoms with Gasteiger partial charge in [-0.3, -0.25) is 9.59 Å². The SMILES string of the molecule is CC(=O)c1cccc(NC(=O)NC[C@]2(C)C[C@@H](NC(=O)Nc3cccc(C(C)=O)c3)CC(C)(C)C2)c1. The lowest BCUT2D eigenvalue weighted by Crippen LogP contribution is -2.51. The number of benzene rings is 2. The number of amides is 4. The summed E-state index contributed by atoms with van der Waals surface area (Å²) in [7, 11) is 0. The molecule has 3 rings (SSSR count). The standard InChI is InChI=1S/C28H36N4O4/c1-18(33)20-8-6-10-22(12-20)30-25(35)29-17-28(5)15-24(14-27(3,4)16-28)32-26(36)31-23-11-7-9-21(13-23)19(2)34/h6-13,24H,14-17H2,1-5H3,(H2,29,30,35)(H2,31,32,36)/t24-,28+/m0/s1. The van der Waals surface area contributed by atoms with E-state index in [1.165, 1.54) is 13.8 Å². The van der Waals surface area contributed by atoms with E-state index >= 15 is 0 Å². The van der Waals surface area contributed by atoms with Gasteiger partial charge in [0.25, 0.3) is 0 Å². The van der Waals surface area contributed by atoms with E-state index in [1.54, 1.807) is 48.5 Å². The molecule has 2 atom stereocenters. The van der Waals surface area contributed by atoms with Crippen molar-refractivity contribution in [3.8, 4) is 0 Å². The number of hydrogen-bond donors (Lipinski definition) is 4. The second kappa shape index (κ2) is 10.9. The molecule has 192 valence electrons. The number of rotatable bonds is 7. The monoisotopic (exact) mass is 492 g/mol. The van der Waals surface area contributed by atoms with Crippen LogP contribution in [0.4, 0.5) is 21.0 Å². The maximum Gasteiger partial charge on any atom is 0.319 e. The van der Waals surface area contributed by atoms with Gasteiger partial charge < -0.3 is 21.3 Å². The van der Waals surface area contributed by atoms with Crippen molar-refractivity contribution in [1.82, 2.24) is 10.6 Å². The van der Waals surface area contributed by atoms with Gasteiger partial charge in [-0.2, -0.15) is 0 Å². The third-order valence-corrected chi connectivity index (χ3v) is 6.51. The first kappa shape index (κ1) is 26.9. The van der Waals surface area contributed by atoms with Crippen molar-refractivity contribution < 1.29 is 19.2 Å². The van der Waals surface area contributed by atoms with Gasteiger partial charge in [0.1, 0.15) is 0 Å². The molecule has 0 unspecified atom stereocenters. The summed E-state index contributed by atoms with van der Waals surface area (Å²) < 4.78 is 0. The maximum absolute atomic E-state index is 12.7. The van der Waals surface area contributed by atoms with E-state index in [-0.39, 0.29) is 40.5 Å². The van der Waals surface area contributed by atoms with Crippen molar-refractivity contribution in [2.45, 2.75) is 59.9 Å². The molecule has 0 spiro atoms. The molecular formula is C28H36N4O4. The molecule has 8 heteroatoms. The van der Waals surface area contributed by atoms with Gasteiger partial charge in [-0.15, -0.1) is 0 Å². The van der Waals surface area contributed by atoms with Gasteiger partial charge >= 0.3 is 12.1 Å². The molecule has 1 aliphatic carbocycles. The van der Waals surface area contributed by atoms with Crippen LogP contribution >= 0.6 is 0 Å². The van der Waals surface area contributed by atoms with Crippen molar-refractivity contribution in [2.24, 2.45) is 10.8 Å². The molecule has 0 radical (unpaired) electrons. The zero-order valence-electron chi connectivity index (χ0n) is 21.7. The average Bonchev–Trinajstić information content (AvgIpc) is 2.76. The predicted molar refractivity (Wildman–Crippen MR) is 142 cm³/mol. The Balaban J connectivity index is 1.58. The van der Waals surface area contributed by atoms with Crippen molar-refractivity contribution >= 4 is 35.0 Å². The Labute approximate surface area is 212 Å². The number of ketones is 2. The summed E-state index contributed by atoms with van der Waals surface area (Å²) in [4.78, 5) is 48.5. The molecule has 2 aromatic rings. The lowest BCUT2D eigenvalue weighted by Gasteiger charge is -2.46. The Kier molecular flexibility index (Phi) is 8.17. The number of hydrogen-bond acceptors (Lipinski definition) is 4. The molecule has 4 amide bonds. The summed E-state index contributed by atoms with van der Waals surface area (Å²) in [5.74, 6) is -0.128. The van der Waals surface area contributed by atoms with E-state index in [0.29, 0.717) is 35.5 Å². The van der Waals surface area contributed by atoms with Crippen LogP contribution in [0.3, 0.4) is 0 Å². The van der Waals surface area contributed by atoms with Crippen molar-refractivity contribution in [1.29, 1.82) is 0 Å². The van der Waals surface area contributed by atoms with E-state index in [4.69, 9.17) is 0 Å². The molecule has 1 fully saturated rings. The first-order valence-corrected chi connectivity index (χ1v) is 12.2. The molecule has 0 aromatic heterocycles. The zero-order valence-corrected chi connectivity index (χ0v) is 21.7. The fourth-order valence-corrected chi connectivity index (χ4v) is 5.32. The summed E-state index contributed by atoms with van der Waals surface area (Å²) in [6.07, 6.45) is 2.41. The van der Waals surface area contributed by atoms with Crippen LogP contribution in [-0.4, -0.2) is 36.2 Å². The van der Waals surface area contributed by atoms with Crippen LogP contribution in [0.2, 0.25) is 0 Å². The summed E-state index contributed by atoms with van der Waals surface area (Å²) >= 11 is 0. The van der Waals surface area contributed by atoms with Crippen molar-refractivity contribution in [3.63, 3.8) is 0 Å². The first-order valence-electron chi connectivity index (χ1n) is 12.2. The number of Topliss-reactive ketones (excluding diaryl/α,β-unsaturated/α-hetero) is 2. The molecule has 2 aromatic carbocycles. The second-order valence-corrected chi connectivity index (χ2v) is 10.9. The highest BCUT2D eigenvalue weighted by molar-refractivity contribution is 5.97. The molecule has 4 N–H and O–H groups in total. The molecule has 0 saturated heterocycles. The lowest BCUT2D eigenvalue weighted by atomic mass is 9.62. The third-order valence-electron chi connectivity index (χ3n) is 6.51. The zero-order chi connectivity index (χ0) is 26.5. The first-order chi connectivity index (χ1) is 16.8. The normalized spacial score (nSPS) is 20.6. The number of urea groups is 2. The number of nitrogens with one attached hydrogen (secondary N) is 4. The van der Waals surface area contributed by atoms with Crippen LogP contribution in [0.15, 0.2) is 48.5 Å². The van der Waals surface area contributed by atoms with E-state index in [9.17, 15) is 19.2 Å². The highest BCUT2D eigenvalue weighted by Crippen LogP contribution is 2.45. The van der Waals surface area contributed by atoms with Crippen molar-refractivity contribution in [3.05, 3.63) is 59.7 Å². The fraction of sp³-hybridized carbons (Fsp3) is 0.429. The van der Waals surface area contributed by atoms with Gasteiger partial charge in [0.15, 0.2) is 11.6 Å². The predicted octanol–water partition coefficient (Wildman–Crippen LogP) is 5.62. The summed E-state index contributed by atoms with van der Waals surface area (Å²) in [6.45, 7) is 9.87. The highest BCUT2D eigenvalue weighted by Gasteiger charge is 2.41. The Hall–Kier alpha value is -3.68. The van der Waals surface area contributed by atoms with Gasteiger partial charge in [0.05, 0.1) is 0 Å². The van der Waals surface area contributed by atoms with Gasteiger partial charge in [-0.25, -0.2) is 9.59 Å². The maximum atomic E-state index is 12.7. The van der Waals surface area contributed by atoms with Crippen LogP contribution in [0.5, 0.6) is 0 Å². The number of carbonyl (C=O) groups is 4. The van der Waals surface area contributed by atoms with Gasteiger partial charge in [0.2, 0.25) is 0 Å². The average molecular weight is 493 g/mol. The second-order valence-electron chi connectivity index (χ2n) is 10.9. The minimum Gasteiger partial charge on any atom is -0.337 e. The molecule has 1 aliphatic rings. The number of anilines is 2. The fourth-order valence-electron chi connectivity index (χ4n) is 5.32. The summed E-state index contributed by atoms with van der Waals surface area (Å²) in [5, 5.41) is 11.7. The largest absolute Gasteiger partial charge is 0.337 e. The smallest absolute Gasteiger partial charge is 0.319 e. The molecule has 1 saturated carbocycles. The third kappa shape index (κ3) is 7.66. The van der Waals surface area contributed by atoms with Crippen LogP contribution in [0.1, 0.15) is 74.6 Å². The van der Waals surface area contributed by atoms with Gasteiger partial charge in [-0.05, 0) is 68.2 Å². The summed E-state index contributed by atoms with van der Waals surface area (Å²) in [6, 6.07) is 12.9. The number of carbonyl (C=O) groups excluding carboxylic acids is 4. The minimum absolute atomic E-state index is 0.0343. The molecule has 36 heavy (non-hydrogen) atoms. The van der Waals surface area contributed by atoms with E-state index in [0.717, 1.165) is 12.8 Å². The summed E-state index contributed by atoms with van der Waals surface area (Å²) in [5.41, 5.74) is 1.93. The van der Waals surface area contributed by atoms with Crippen LogP contribution in [-0.2, 0) is 0 Å². The quantitative estimate of drug-likeness (QED) is 0.375. The highest BCUT2D eigenvalue weighted by atomic mass is 16.2. The van der Waals surface area contributed by atoms with E-state index in [2.05, 4.69) is 42.0 Å². The molecule has 0 aliphatic heterocycles. The Morgan fingerprint density at radius 2 is 1.33 bits per heavy atom. The van der Waals surface area contributed by atoms with Crippen LogP contribution in [0, 0.1) is 10.8 Å². The van der Waals surface area contributed by atoms with Gasteiger partial charge in [0, 0.05) is 35.1 Å². The minimum atomic E-state index is -0.340. The Morgan fingerprint density at radius 1 is 0.806 bits per heavy atom. The Bertz CT molecular complexity index is 1160. The van der Waals surface area contributed by atoms with E-state index < -0.39 is 0 Å². The molecule has 0 bridgehead atoms. The van der Waals surface area contributed by atoms with E-state index in [1.807, 2.05) is 0 Å². The molecule has 8 nitrogen and oxygen atoms in total. The van der Waals surface area contributed by atoms with Crippen LogP contribution < -0.4 is 21.3 Å². The lowest BCUT2D eigenvalue weighted by molar-refractivity contribution is 0.0761. The Morgan fingerprint density at radius 3 is 1.86 bits per heavy atom.